The highest BCUT2D eigenvalue weighted by Gasteiger charge is 2.46. The molecule has 0 bridgehead atoms. The van der Waals surface area contributed by atoms with Gasteiger partial charge in [0.2, 0.25) is 0 Å². The standard InChI is InChI=1S/C19H15F2NO5/c1-10-6-14(15(18(26)27)7-13(10)17(24)25)11-2-4-12(5-3-11)16(23)22-8-19(20,21)9-22/h2-7H,8-9H2,1H3,(H,24,25)(H,26,27). The zero-order valence-corrected chi connectivity index (χ0v) is 14.2. The number of carboxylic acid groups (broad SMARTS) is 2. The van der Waals surface area contributed by atoms with Crippen molar-refractivity contribution in [3.8, 4) is 11.1 Å². The van der Waals surface area contributed by atoms with Crippen LogP contribution in [-0.4, -0.2) is 52.0 Å². The summed E-state index contributed by atoms with van der Waals surface area (Å²) in [5.74, 6) is -5.89. The topological polar surface area (TPSA) is 94.9 Å². The van der Waals surface area contributed by atoms with E-state index in [-0.39, 0.29) is 16.7 Å². The van der Waals surface area contributed by atoms with Crippen molar-refractivity contribution in [2.45, 2.75) is 12.8 Å². The number of hydrogen-bond donors (Lipinski definition) is 2. The molecule has 2 N–H and O–H groups in total. The molecule has 0 unspecified atom stereocenters. The summed E-state index contributed by atoms with van der Waals surface area (Å²) in [6.07, 6.45) is 0. The van der Waals surface area contributed by atoms with Crippen LogP contribution in [0.15, 0.2) is 36.4 Å². The van der Waals surface area contributed by atoms with Gasteiger partial charge in [-0.15, -0.1) is 0 Å². The second-order valence-corrected chi connectivity index (χ2v) is 6.42. The van der Waals surface area contributed by atoms with Crippen LogP contribution in [-0.2, 0) is 0 Å². The van der Waals surface area contributed by atoms with Gasteiger partial charge in [0.05, 0.1) is 24.2 Å². The Bertz CT molecular complexity index is 945. The molecule has 0 aromatic heterocycles. The van der Waals surface area contributed by atoms with Crippen LogP contribution in [0.4, 0.5) is 8.78 Å². The average molecular weight is 375 g/mol. The van der Waals surface area contributed by atoms with Crippen LogP contribution < -0.4 is 0 Å². The molecule has 1 amide bonds. The summed E-state index contributed by atoms with van der Waals surface area (Å²) in [5.41, 5.74) is 1.09. The third-order valence-electron chi connectivity index (χ3n) is 4.40. The van der Waals surface area contributed by atoms with Crippen molar-refractivity contribution >= 4 is 17.8 Å². The molecule has 0 spiro atoms. The van der Waals surface area contributed by atoms with E-state index in [0.717, 1.165) is 11.0 Å². The van der Waals surface area contributed by atoms with Gasteiger partial charge in [-0.05, 0) is 47.9 Å². The normalized spacial score (nSPS) is 15.1. The largest absolute Gasteiger partial charge is 0.478 e. The Balaban J connectivity index is 1.93. The number of alkyl halides is 2. The Hall–Kier alpha value is -3.29. The van der Waals surface area contributed by atoms with E-state index in [4.69, 9.17) is 5.11 Å². The first-order valence-corrected chi connectivity index (χ1v) is 7.98. The molecule has 3 rings (SSSR count). The number of nitrogens with zero attached hydrogens (tertiary/aromatic N) is 1. The highest BCUT2D eigenvalue weighted by atomic mass is 19.3. The minimum absolute atomic E-state index is 0.110. The van der Waals surface area contributed by atoms with E-state index >= 15 is 0 Å². The summed E-state index contributed by atoms with van der Waals surface area (Å²) in [5, 5.41) is 18.6. The number of aryl methyl sites for hydroxylation is 1. The summed E-state index contributed by atoms with van der Waals surface area (Å²) in [6, 6.07) is 8.43. The minimum atomic E-state index is -2.85. The number of carboxylic acids is 2. The van der Waals surface area contributed by atoms with E-state index in [9.17, 15) is 28.3 Å². The zero-order valence-electron chi connectivity index (χ0n) is 14.2. The van der Waals surface area contributed by atoms with Gasteiger partial charge in [0.1, 0.15) is 0 Å². The lowest BCUT2D eigenvalue weighted by Crippen LogP contribution is -2.58. The lowest BCUT2D eigenvalue weighted by atomic mass is 9.93. The third-order valence-corrected chi connectivity index (χ3v) is 4.40. The third kappa shape index (κ3) is 3.51. The van der Waals surface area contributed by atoms with Crippen LogP contribution in [0.5, 0.6) is 0 Å². The van der Waals surface area contributed by atoms with Crippen LogP contribution in [0.1, 0.15) is 36.6 Å². The molecule has 1 aliphatic rings. The van der Waals surface area contributed by atoms with Gasteiger partial charge in [0.25, 0.3) is 11.8 Å². The molecule has 0 aliphatic carbocycles. The van der Waals surface area contributed by atoms with E-state index in [2.05, 4.69) is 0 Å². The van der Waals surface area contributed by atoms with Crippen LogP contribution in [0, 0.1) is 6.92 Å². The number of benzene rings is 2. The van der Waals surface area contributed by atoms with E-state index in [1.54, 1.807) is 6.92 Å². The summed E-state index contributed by atoms with van der Waals surface area (Å²) in [4.78, 5) is 35.9. The number of hydrogen-bond acceptors (Lipinski definition) is 3. The number of halogens is 2. The molecule has 8 heteroatoms. The molecule has 2 aromatic rings. The number of carbonyl (C=O) groups is 3. The predicted octanol–water partition coefficient (Wildman–Crippen LogP) is 3.15. The van der Waals surface area contributed by atoms with Gasteiger partial charge >= 0.3 is 11.9 Å². The van der Waals surface area contributed by atoms with Crippen LogP contribution in [0.3, 0.4) is 0 Å². The van der Waals surface area contributed by atoms with E-state index in [1.807, 2.05) is 0 Å². The molecule has 1 saturated heterocycles. The Labute approximate surface area is 152 Å². The number of amides is 1. The second kappa shape index (κ2) is 6.46. The summed E-state index contributed by atoms with van der Waals surface area (Å²) >= 11 is 0. The molecule has 2 aromatic carbocycles. The van der Waals surface area contributed by atoms with Crippen molar-refractivity contribution in [2.75, 3.05) is 13.1 Å². The SMILES string of the molecule is Cc1cc(-c2ccc(C(=O)N3CC(F)(F)C3)cc2)c(C(=O)O)cc1C(=O)O. The summed E-state index contributed by atoms with van der Waals surface area (Å²) in [6.45, 7) is 0.319. The average Bonchev–Trinajstić information content (AvgIpc) is 2.58. The van der Waals surface area contributed by atoms with Gasteiger partial charge in [0, 0.05) is 5.56 Å². The molecule has 27 heavy (non-hydrogen) atoms. The van der Waals surface area contributed by atoms with Crippen molar-refractivity contribution in [3.05, 3.63) is 58.7 Å². The van der Waals surface area contributed by atoms with E-state index in [0.29, 0.717) is 16.7 Å². The number of rotatable bonds is 4. The smallest absolute Gasteiger partial charge is 0.336 e. The first-order valence-electron chi connectivity index (χ1n) is 7.98. The first-order chi connectivity index (χ1) is 12.6. The molecular formula is C19H15F2NO5. The fourth-order valence-electron chi connectivity index (χ4n) is 2.98. The van der Waals surface area contributed by atoms with Gasteiger partial charge in [-0.2, -0.15) is 0 Å². The first kappa shape index (κ1) is 18.5. The maximum Gasteiger partial charge on any atom is 0.336 e. The van der Waals surface area contributed by atoms with Gasteiger partial charge in [-0.25, -0.2) is 18.4 Å². The number of likely N-dealkylation sites (tertiary alicyclic amines) is 1. The van der Waals surface area contributed by atoms with Crippen molar-refractivity contribution in [3.63, 3.8) is 0 Å². The van der Waals surface area contributed by atoms with Gasteiger partial charge in [0.15, 0.2) is 0 Å². The van der Waals surface area contributed by atoms with E-state index < -0.39 is 36.9 Å². The van der Waals surface area contributed by atoms with Crippen molar-refractivity contribution in [1.82, 2.24) is 4.90 Å². The van der Waals surface area contributed by atoms with Crippen LogP contribution >= 0.6 is 0 Å². The van der Waals surface area contributed by atoms with Crippen LogP contribution in [0.25, 0.3) is 11.1 Å². The number of aromatic carboxylic acids is 2. The van der Waals surface area contributed by atoms with Crippen molar-refractivity contribution in [1.29, 1.82) is 0 Å². The second-order valence-electron chi connectivity index (χ2n) is 6.42. The molecule has 0 atom stereocenters. The predicted molar refractivity (Wildman–Crippen MR) is 91.4 cm³/mol. The Morgan fingerprint density at radius 3 is 2.00 bits per heavy atom. The molecule has 140 valence electrons. The van der Waals surface area contributed by atoms with Crippen molar-refractivity contribution in [2.24, 2.45) is 0 Å². The van der Waals surface area contributed by atoms with Gasteiger partial charge in [-0.3, -0.25) is 4.79 Å². The molecule has 0 saturated carbocycles. The van der Waals surface area contributed by atoms with Crippen LogP contribution in [0.2, 0.25) is 0 Å². The Morgan fingerprint density at radius 1 is 0.963 bits per heavy atom. The molecule has 1 aliphatic heterocycles. The van der Waals surface area contributed by atoms with Gasteiger partial charge in [-0.1, -0.05) is 12.1 Å². The Kier molecular flexibility index (Phi) is 4.43. The molecule has 1 heterocycles. The highest BCUT2D eigenvalue weighted by Crippen LogP contribution is 2.30. The maximum absolute atomic E-state index is 12.9. The summed E-state index contributed by atoms with van der Waals surface area (Å²) in [7, 11) is 0. The fraction of sp³-hybridized carbons (Fsp3) is 0.211. The minimum Gasteiger partial charge on any atom is -0.478 e. The fourth-order valence-corrected chi connectivity index (χ4v) is 2.98. The van der Waals surface area contributed by atoms with E-state index in [1.165, 1.54) is 30.3 Å². The lowest BCUT2D eigenvalue weighted by molar-refractivity contribution is -0.113. The maximum atomic E-state index is 12.9. The quantitative estimate of drug-likeness (QED) is 0.856. The highest BCUT2D eigenvalue weighted by molar-refractivity contribution is 6.01. The van der Waals surface area contributed by atoms with Gasteiger partial charge < -0.3 is 15.1 Å². The lowest BCUT2D eigenvalue weighted by Gasteiger charge is -2.38. The molecule has 0 radical (unpaired) electrons. The Morgan fingerprint density at radius 2 is 1.52 bits per heavy atom. The molecular weight excluding hydrogens is 360 g/mol. The monoisotopic (exact) mass is 375 g/mol. The summed E-state index contributed by atoms with van der Waals surface area (Å²) < 4.78 is 25.8. The zero-order chi connectivity index (χ0) is 19.9. The number of carbonyl (C=O) groups excluding carboxylic acids is 1. The molecule has 6 nitrogen and oxygen atoms in total. The molecule has 1 fully saturated rings. The van der Waals surface area contributed by atoms with Crippen molar-refractivity contribution < 1.29 is 33.4 Å².